The number of carbonyl (C=O) groups excluding carboxylic acids is 5. The van der Waals surface area contributed by atoms with Crippen molar-refractivity contribution < 1.29 is 86.4 Å². The second kappa shape index (κ2) is 40.3. The van der Waals surface area contributed by atoms with Crippen LogP contribution < -0.4 is 0 Å². The smallest absolute Gasteiger partial charge is 0.335 e. The van der Waals surface area contributed by atoms with Crippen molar-refractivity contribution >= 4 is 35.7 Å². The third-order valence-corrected chi connectivity index (χ3v) is 5.91. The van der Waals surface area contributed by atoms with E-state index in [1.165, 1.54) is 0 Å². The summed E-state index contributed by atoms with van der Waals surface area (Å²) in [4.78, 5) is 70.6. The normalized spacial score (nSPS) is 12.1. The Kier molecular flexibility index (Phi) is 40.5. The lowest BCUT2D eigenvalue weighted by molar-refractivity contribution is -0.198. The maximum absolute atomic E-state index is 11.3. The van der Waals surface area contributed by atoms with E-state index in [9.17, 15) is 28.8 Å². The second-order valence-electron chi connectivity index (χ2n) is 13.9. The van der Waals surface area contributed by atoms with Crippen molar-refractivity contribution in [2.24, 2.45) is 0 Å². The molecule has 0 atom stereocenters. The van der Waals surface area contributed by atoms with Gasteiger partial charge in [0.25, 0.3) is 11.8 Å². The monoisotopic (exact) mass is 865 g/mol. The molecule has 348 valence electrons. The standard InChI is InChI=1S/C12H17NO6.C12H22O4.C9H18O4.C8H14O4/c1-2-6-17-8-9-18-7-5-12(16)19-13-10(14)3-4-11(13)15;1-5-7-14-9-10-15-8-6-11(13)16-12(2,3)4;1-9(2,3)13-8(11)4-6-12-7-5-10;1-2-4-11-6-7-12-5-3-8(9)10/h2H,1,3-9H2;5H,1,6-10H2,2-4H3;10H,4-7H2,1-3H3;2H,1,3-7H2,(H,9,10). The van der Waals surface area contributed by atoms with Gasteiger partial charge in [0.15, 0.2) is 0 Å². The second-order valence-corrected chi connectivity index (χ2v) is 13.9. The summed E-state index contributed by atoms with van der Waals surface area (Å²) in [7, 11) is 0. The van der Waals surface area contributed by atoms with Gasteiger partial charge in [-0.25, -0.2) is 4.79 Å². The summed E-state index contributed by atoms with van der Waals surface area (Å²) in [5, 5.41) is 17.1. The van der Waals surface area contributed by atoms with E-state index >= 15 is 0 Å². The molecule has 1 rings (SSSR count). The Morgan fingerprint density at radius 3 is 1.17 bits per heavy atom. The summed E-state index contributed by atoms with van der Waals surface area (Å²) < 4.78 is 45.5. The Morgan fingerprint density at radius 2 is 0.850 bits per heavy atom. The Bertz CT molecular complexity index is 1180. The van der Waals surface area contributed by atoms with E-state index < -0.39 is 35.0 Å². The highest BCUT2D eigenvalue weighted by Gasteiger charge is 2.32. The molecule has 1 heterocycles. The highest BCUT2D eigenvalue weighted by Crippen LogP contribution is 2.12. The number of hydrogen-bond acceptors (Lipinski definition) is 17. The maximum Gasteiger partial charge on any atom is 0.335 e. The predicted molar refractivity (Wildman–Crippen MR) is 218 cm³/mol. The first kappa shape index (κ1) is 60.2. The molecule has 0 radical (unpaired) electrons. The third kappa shape index (κ3) is 48.3. The first-order valence-corrected chi connectivity index (χ1v) is 19.5. The van der Waals surface area contributed by atoms with E-state index in [-0.39, 0.29) is 76.9 Å². The molecule has 0 aromatic heterocycles. The number of hydroxylamine groups is 2. The van der Waals surface area contributed by atoms with E-state index in [0.717, 1.165) is 0 Å². The molecule has 1 fully saturated rings. The summed E-state index contributed by atoms with van der Waals surface area (Å²) in [6.45, 7) is 26.9. The number of amides is 2. The van der Waals surface area contributed by atoms with Crippen LogP contribution in [0.2, 0.25) is 0 Å². The Morgan fingerprint density at radius 1 is 0.533 bits per heavy atom. The zero-order valence-corrected chi connectivity index (χ0v) is 36.6. The maximum atomic E-state index is 11.3. The number of rotatable bonds is 30. The molecular weight excluding hydrogens is 794 g/mol. The molecule has 1 aliphatic rings. The van der Waals surface area contributed by atoms with Crippen molar-refractivity contribution in [3.63, 3.8) is 0 Å². The van der Waals surface area contributed by atoms with Gasteiger partial charge in [0.2, 0.25) is 0 Å². The molecule has 0 aromatic rings. The van der Waals surface area contributed by atoms with Gasteiger partial charge >= 0.3 is 23.9 Å². The van der Waals surface area contributed by atoms with Crippen LogP contribution in [0.5, 0.6) is 0 Å². The molecule has 2 amide bonds. The van der Waals surface area contributed by atoms with Crippen LogP contribution in [0, 0.1) is 0 Å². The zero-order valence-electron chi connectivity index (χ0n) is 36.6. The van der Waals surface area contributed by atoms with Crippen molar-refractivity contribution in [3.05, 3.63) is 38.0 Å². The topological polar surface area (TPSA) is 238 Å². The number of ether oxygens (including phenoxy) is 9. The van der Waals surface area contributed by atoms with Crippen LogP contribution in [-0.2, 0) is 76.2 Å². The van der Waals surface area contributed by atoms with Gasteiger partial charge in [0.1, 0.15) is 11.2 Å². The van der Waals surface area contributed by atoms with Crippen molar-refractivity contribution in [3.8, 4) is 0 Å². The minimum atomic E-state index is -0.845. The fraction of sp³-hybridized carbons (Fsp3) is 0.707. The molecule has 1 saturated heterocycles. The van der Waals surface area contributed by atoms with E-state index in [1.54, 1.807) is 18.2 Å². The van der Waals surface area contributed by atoms with Crippen LogP contribution in [0.25, 0.3) is 0 Å². The van der Waals surface area contributed by atoms with Crippen molar-refractivity contribution in [2.75, 3.05) is 99.1 Å². The van der Waals surface area contributed by atoms with Crippen LogP contribution in [0.15, 0.2) is 38.0 Å². The molecular formula is C41H71NO18. The number of esters is 2. The SMILES string of the molecule is C=CCOCCOCCC(=O)O.C=CCOCCOCCC(=O)OC(C)(C)C.C=CCOCCOCCC(=O)ON1C(=O)CCC1=O.CC(C)(C)OC(=O)CCOCCO. The molecule has 0 unspecified atom stereocenters. The van der Waals surface area contributed by atoms with Crippen LogP contribution in [0.3, 0.4) is 0 Å². The number of aliphatic hydroxyl groups excluding tert-OH is 1. The van der Waals surface area contributed by atoms with Crippen molar-refractivity contribution in [1.29, 1.82) is 0 Å². The first-order valence-electron chi connectivity index (χ1n) is 19.5. The minimum absolute atomic E-state index is 0.0195. The number of carboxylic acids is 1. The molecule has 0 spiro atoms. The van der Waals surface area contributed by atoms with Crippen molar-refractivity contribution in [2.45, 2.75) is 91.3 Å². The average molecular weight is 866 g/mol. The van der Waals surface area contributed by atoms with Crippen LogP contribution in [0.4, 0.5) is 0 Å². The quantitative estimate of drug-likeness (QED) is 0.0454. The van der Waals surface area contributed by atoms with Gasteiger partial charge in [-0.05, 0) is 41.5 Å². The molecule has 0 aromatic carbocycles. The zero-order chi connectivity index (χ0) is 46.1. The summed E-state index contributed by atoms with van der Waals surface area (Å²) in [6.07, 6.45) is 5.65. The number of nitrogens with zero attached hydrogens (tertiary/aromatic N) is 1. The summed E-state index contributed by atoms with van der Waals surface area (Å²) in [6, 6.07) is 0. The highest BCUT2D eigenvalue weighted by atomic mass is 16.7. The highest BCUT2D eigenvalue weighted by molar-refractivity contribution is 6.01. The minimum Gasteiger partial charge on any atom is -0.481 e. The van der Waals surface area contributed by atoms with E-state index in [4.69, 9.17) is 52.8 Å². The third-order valence-electron chi connectivity index (χ3n) is 5.91. The predicted octanol–water partition coefficient (Wildman–Crippen LogP) is 3.55. The fourth-order valence-electron chi connectivity index (χ4n) is 3.54. The number of imide groups is 1. The van der Waals surface area contributed by atoms with Gasteiger partial charge in [0.05, 0.1) is 125 Å². The van der Waals surface area contributed by atoms with Crippen LogP contribution in [-0.4, -0.2) is 161 Å². The lowest BCUT2D eigenvalue weighted by Gasteiger charge is -2.19. The molecule has 0 saturated carbocycles. The van der Waals surface area contributed by atoms with Gasteiger partial charge in [-0.15, -0.1) is 24.8 Å². The Balaban J connectivity index is -0.000000735. The molecule has 0 aliphatic carbocycles. The molecule has 60 heavy (non-hydrogen) atoms. The number of carboxylic acid groups (broad SMARTS) is 1. The number of aliphatic carboxylic acids is 1. The molecule has 2 N–H and O–H groups in total. The van der Waals surface area contributed by atoms with E-state index in [0.29, 0.717) is 77.7 Å². The summed E-state index contributed by atoms with van der Waals surface area (Å²) in [5.74, 6) is -3.00. The van der Waals surface area contributed by atoms with E-state index in [1.807, 2.05) is 41.5 Å². The average Bonchev–Trinajstić information content (AvgIpc) is 3.47. The lowest BCUT2D eigenvalue weighted by Crippen LogP contribution is -2.32. The summed E-state index contributed by atoms with van der Waals surface area (Å²) in [5.41, 5.74) is -0.863. The molecule has 0 bridgehead atoms. The van der Waals surface area contributed by atoms with Crippen molar-refractivity contribution in [1.82, 2.24) is 5.06 Å². The number of carbonyl (C=O) groups is 6. The number of aliphatic hydroxyl groups is 1. The van der Waals surface area contributed by atoms with Gasteiger partial charge < -0.3 is 57.7 Å². The van der Waals surface area contributed by atoms with Gasteiger partial charge in [-0.1, -0.05) is 18.2 Å². The largest absolute Gasteiger partial charge is 0.481 e. The Hall–Kier alpha value is -4.08. The first-order chi connectivity index (χ1) is 28.3. The van der Waals surface area contributed by atoms with Gasteiger partial charge in [-0.2, -0.15) is 0 Å². The fourth-order valence-corrected chi connectivity index (χ4v) is 3.54. The molecule has 1 aliphatic heterocycles. The number of hydrogen-bond donors (Lipinski definition) is 2. The lowest BCUT2D eigenvalue weighted by atomic mass is 10.2. The van der Waals surface area contributed by atoms with Crippen LogP contribution >= 0.6 is 0 Å². The molecule has 19 nitrogen and oxygen atoms in total. The summed E-state index contributed by atoms with van der Waals surface area (Å²) >= 11 is 0. The van der Waals surface area contributed by atoms with Gasteiger partial charge in [0, 0.05) is 12.8 Å². The van der Waals surface area contributed by atoms with Crippen LogP contribution in [0.1, 0.15) is 80.1 Å². The molecule has 19 heteroatoms. The van der Waals surface area contributed by atoms with Gasteiger partial charge in [-0.3, -0.25) is 24.0 Å². The Labute approximate surface area is 355 Å². The van der Waals surface area contributed by atoms with E-state index in [2.05, 4.69) is 24.6 Å².